The molecule has 0 spiro atoms. The maximum Gasteiger partial charge on any atom is 0.243 e. The average molecular weight is 252 g/mol. The highest BCUT2D eigenvalue weighted by molar-refractivity contribution is 7.09. The minimum atomic E-state index is -0.200. The lowest BCUT2D eigenvalue weighted by atomic mass is 10.1. The monoisotopic (exact) mass is 252 g/mol. The van der Waals surface area contributed by atoms with Crippen LogP contribution in [0.25, 0.3) is 0 Å². The maximum atomic E-state index is 5.94. The molecule has 0 aliphatic heterocycles. The van der Waals surface area contributed by atoms with Crippen LogP contribution in [-0.4, -0.2) is 15.1 Å². The molecule has 2 N–H and O–H groups in total. The van der Waals surface area contributed by atoms with Crippen LogP contribution in [0.4, 0.5) is 0 Å². The number of aryl methyl sites for hydroxylation is 1. The molecular formula is C11H16N4OS. The largest absolute Gasteiger partial charge is 0.338 e. The van der Waals surface area contributed by atoms with Gasteiger partial charge < -0.3 is 10.3 Å². The summed E-state index contributed by atoms with van der Waals surface area (Å²) in [6.07, 6.45) is 0.604. The highest BCUT2D eigenvalue weighted by Crippen LogP contribution is 2.18. The highest BCUT2D eigenvalue weighted by atomic mass is 32.1. The van der Waals surface area contributed by atoms with Gasteiger partial charge in [-0.1, -0.05) is 19.0 Å². The number of hydrogen-bond donors (Lipinski definition) is 1. The molecule has 2 rings (SSSR count). The van der Waals surface area contributed by atoms with Gasteiger partial charge in [0.25, 0.3) is 0 Å². The van der Waals surface area contributed by atoms with Gasteiger partial charge in [-0.15, -0.1) is 11.3 Å². The third kappa shape index (κ3) is 2.89. The van der Waals surface area contributed by atoms with Crippen LogP contribution in [0, 0.1) is 12.8 Å². The van der Waals surface area contributed by atoms with E-state index in [1.54, 1.807) is 11.3 Å². The van der Waals surface area contributed by atoms with Gasteiger partial charge in [-0.2, -0.15) is 4.98 Å². The second-order valence-corrected chi connectivity index (χ2v) is 5.32. The smallest absolute Gasteiger partial charge is 0.243 e. The molecule has 0 saturated carbocycles. The number of nitrogens with two attached hydrogens (primary N) is 1. The van der Waals surface area contributed by atoms with Crippen LogP contribution in [0.3, 0.4) is 0 Å². The van der Waals surface area contributed by atoms with Crippen LogP contribution >= 0.6 is 11.3 Å². The first-order valence-corrected chi connectivity index (χ1v) is 6.43. The van der Waals surface area contributed by atoms with Gasteiger partial charge in [0.05, 0.1) is 12.5 Å². The Morgan fingerprint density at radius 1 is 1.41 bits per heavy atom. The van der Waals surface area contributed by atoms with E-state index >= 15 is 0 Å². The molecule has 2 aromatic rings. The average Bonchev–Trinajstić information content (AvgIpc) is 2.87. The Morgan fingerprint density at radius 2 is 2.18 bits per heavy atom. The van der Waals surface area contributed by atoms with Crippen molar-refractivity contribution < 1.29 is 4.52 Å². The summed E-state index contributed by atoms with van der Waals surface area (Å²) < 4.78 is 5.16. The first-order chi connectivity index (χ1) is 8.06. The summed E-state index contributed by atoms with van der Waals surface area (Å²) in [6.45, 7) is 6.02. The van der Waals surface area contributed by atoms with E-state index in [9.17, 15) is 0 Å². The van der Waals surface area contributed by atoms with E-state index in [0.29, 0.717) is 18.1 Å². The highest BCUT2D eigenvalue weighted by Gasteiger charge is 2.18. The third-order valence-corrected chi connectivity index (χ3v) is 3.43. The van der Waals surface area contributed by atoms with Gasteiger partial charge in [0, 0.05) is 11.1 Å². The molecule has 0 fully saturated rings. The molecule has 0 aliphatic carbocycles. The number of nitrogens with zero attached hydrogens (tertiary/aromatic N) is 3. The predicted molar refractivity (Wildman–Crippen MR) is 65.7 cm³/mol. The second kappa shape index (κ2) is 4.93. The maximum absolute atomic E-state index is 5.94. The summed E-state index contributed by atoms with van der Waals surface area (Å²) in [6, 6.07) is -0.200. The first-order valence-electron chi connectivity index (χ1n) is 5.55. The van der Waals surface area contributed by atoms with Crippen LogP contribution in [0.15, 0.2) is 9.90 Å². The van der Waals surface area contributed by atoms with Gasteiger partial charge in [-0.25, -0.2) is 4.98 Å². The van der Waals surface area contributed by atoms with Crippen LogP contribution < -0.4 is 5.73 Å². The normalized spacial score (nSPS) is 13.2. The molecule has 0 saturated heterocycles. The standard InChI is InChI=1S/C11H16N4OS/c1-6(2)10(12)11-14-8(15-16-11)4-9-13-7(3)5-17-9/h5-6,10H,4,12H2,1-3H3/t10-/m1/s1. The van der Waals surface area contributed by atoms with Crippen molar-refractivity contribution in [1.82, 2.24) is 15.1 Å². The lowest BCUT2D eigenvalue weighted by molar-refractivity contribution is 0.322. The zero-order valence-electron chi connectivity index (χ0n) is 10.2. The molecule has 17 heavy (non-hydrogen) atoms. The topological polar surface area (TPSA) is 77.8 Å². The summed E-state index contributed by atoms with van der Waals surface area (Å²) in [5.74, 6) is 1.43. The Labute approximate surface area is 104 Å². The van der Waals surface area contributed by atoms with E-state index in [1.165, 1.54) is 0 Å². The molecule has 0 aromatic carbocycles. The van der Waals surface area contributed by atoms with Gasteiger partial charge in [-0.3, -0.25) is 0 Å². The predicted octanol–water partition coefficient (Wildman–Crippen LogP) is 2.08. The fourth-order valence-electron chi connectivity index (χ4n) is 1.38. The van der Waals surface area contributed by atoms with E-state index in [2.05, 4.69) is 15.1 Å². The fraction of sp³-hybridized carbons (Fsp3) is 0.545. The van der Waals surface area contributed by atoms with E-state index in [-0.39, 0.29) is 12.0 Å². The summed E-state index contributed by atoms with van der Waals surface area (Å²) in [5, 5.41) is 6.93. The molecule has 0 radical (unpaired) electrons. The van der Waals surface area contributed by atoms with E-state index < -0.39 is 0 Å². The van der Waals surface area contributed by atoms with E-state index in [1.807, 2.05) is 26.2 Å². The van der Waals surface area contributed by atoms with Crippen molar-refractivity contribution in [1.29, 1.82) is 0 Å². The van der Waals surface area contributed by atoms with Crippen molar-refractivity contribution in [3.63, 3.8) is 0 Å². The van der Waals surface area contributed by atoms with Gasteiger partial charge in [0.2, 0.25) is 5.89 Å². The van der Waals surface area contributed by atoms with Gasteiger partial charge in [0.1, 0.15) is 5.01 Å². The summed E-state index contributed by atoms with van der Waals surface area (Å²) >= 11 is 1.60. The van der Waals surface area contributed by atoms with Crippen molar-refractivity contribution in [2.24, 2.45) is 11.7 Å². The third-order valence-electron chi connectivity index (χ3n) is 2.46. The lowest BCUT2D eigenvalue weighted by Crippen LogP contribution is -2.17. The molecule has 0 aliphatic rings. The van der Waals surface area contributed by atoms with Crippen molar-refractivity contribution in [3.8, 4) is 0 Å². The molecule has 0 amide bonds. The number of aromatic nitrogens is 3. The Morgan fingerprint density at radius 3 is 2.76 bits per heavy atom. The van der Waals surface area contributed by atoms with Gasteiger partial charge in [-0.05, 0) is 12.8 Å². The summed E-state index contributed by atoms with van der Waals surface area (Å²) in [5.41, 5.74) is 6.96. The molecule has 0 unspecified atom stereocenters. The van der Waals surface area contributed by atoms with E-state index in [0.717, 1.165) is 10.7 Å². The van der Waals surface area contributed by atoms with Crippen LogP contribution in [0.1, 0.15) is 42.3 Å². The molecule has 6 heteroatoms. The van der Waals surface area contributed by atoms with Gasteiger partial charge in [0.15, 0.2) is 5.82 Å². The molecule has 92 valence electrons. The molecule has 5 nitrogen and oxygen atoms in total. The number of rotatable bonds is 4. The molecule has 1 atom stereocenters. The summed E-state index contributed by atoms with van der Waals surface area (Å²) in [7, 11) is 0. The molecular weight excluding hydrogens is 236 g/mol. The van der Waals surface area contributed by atoms with Crippen LogP contribution in [0.2, 0.25) is 0 Å². The first kappa shape index (κ1) is 12.2. The van der Waals surface area contributed by atoms with Crippen molar-refractivity contribution in [2.75, 3.05) is 0 Å². The van der Waals surface area contributed by atoms with E-state index in [4.69, 9.17) is 10.3 Å². The van der Waals surface area contributed by atoms with Crippen molar-refractivity contribution in [2.45, 2.75) is 33.2 Å². The van der Waals surface area contributed by atoms with Crippen LogP contribution in [0.5, 0.6) is 0 Å². The second-order valence-electron chi connectivity index (χ2n) is 4.38. The Bertz CT molecular complexity index is 491. The zero-order chi connectivity index (χ0) is 12.4. The SMILES string of the molecule is Cc1csc(Cc2noc([C@H](N)C(C)C)n2)n1. The Hall–Kier alpha value is -1.27. The lowest BCUT2D eigenvalue weighted by Gasteiger charge is -2.09. The van der Waals surface area contributed by atoms with Gasteiger partial charge >= 0.3 is 0 Å². The molecule has 0 bridgehead atoms. The number of thiazole rings is 1. The summed E-state index contributed by atoms with van der Waals surface area (Å²) in [4.78, 5) is 8.66. The minimum absolute atomic E-state index is 0.200. The fourth-order valence-corrected chi connectivity index (χ4v) is 2.15. The number of hydrogen-bond acceptors (Lipinski definition) is 6. The van der Waals surface area contributed by atoms with Crippen molar-refractivity contribution >= 4 is 11.3 Å². The molecule has 2 heterocycles. The molecule has 2 aromatic heterocycles. The van der Waals surface area contributed by atoms with Crippen LogP contribution in [-0.2, 0) is 6.42 Å². The zero-order valence-corrected chi connectivity index (χ0v) is 11.0. The quantitative estimate of drug-likeness (QED) is 0.901. The Balaban J connectivity index is 2.08. The minimum Gasteiger partial charge on any atom is -0.338 e. The van der Waals surface area contributed by atoms with Crippen molar-refractivity contribution in [3.05, 3.63) is 27.8 Å². The Kier molecular flexibility index (Phi) is 3.54.